The molecule has 22 heavy (non-hydrogen) atoms. The maximum atomic E-state index is 13.5. The number of pyridine rings is 1. The Kier molecular flexibility index (Phi) is 5.11. The van der Waals surface area contributed by atoms with E-state index in [0.29, 0.717) is 5.69 Å². The zero-order valence-electron chi connectivity index (χ0n) is 11.9. The van der Waals surface area contributed by atoms with Crippen molar-refractivity contribution in [2.24, 2.45) is 5.73 Å². The monoisotopic (exact) mass is 321 g/mol. The van der Waals surface area contributed by atoms with Gasteiger partial charge in [-0.05, 0) is 54.7 Å². The summed E-state index contributed by atoms with van der Waals surface area (Å²) in [6, 6.07) is 8.89. The minimum Gasteiger partial charge on any atom is -0.327 e. The van der Waals surface area contributed by atoms with Crippen LogP contribution in [0, 0.1) is 5.95 Å². The van der Waals surface area contributed by atoms with Crippen LogP contribution in [0.25, 0.3) is 0 Å². The lowest BCUT2D eigenvalue weighted by molar-refractivity contribution is 0.102. The molecular formula is C16H17ClFN3O. The molecule has 0 bridgehead atoms. The third-order valence-corrected chi connectivity index (χ3v) is 3.73. The van der Waals surface area contributed by atoms with Crippen molar-refractivity contribution in [1.29, 1.82) is 0 Å². The van der Waals surface area contributed by atoms with Crippen molar-refractivity contribution < 1.29 is 9.18 Å². The van der Waals surface area contributed by atoms with E-state index in [9.17, 15) is 9.18 Å². The van der Waals surface area contributed by atoms with Crippen LogP contribution in [-0.2, 0) is 12.8 Å². The lowest BCUT2D eigenvalue weighted by atomic mass is 9.88. The minimum atomic E-state index is -0.765. The van der Waals surface area contributed by atoms with Crippen LogP contribution in [0.3, 0.4) is 0 Å². The van der Waals surface area contributed by atoms with Gasteiger partial charge < -0.3 is 11.1 Å². The average Bonchev–Trinajstić information content (AvgIpc) is 2.48. The van der Waals surface area contributed by atoms with Crippen LogP contribution in [0.1, 0.15) is 27.9 Å². The highest BCUT2D eigenvalue weighted by atomic mass is 35.5. The van der Waals surface area contributed by atoms with Gasteiger partial charge in [0.15, 0.2) is 0 Å². The van der Waals surface area contributed by atoms with Gasteiger partial charge in [0.05, 0.1) is 5.56 Å². The number of nitrogens with two attached hydrogens (primary N) is 1. The number of nitrogens with one attached hydrogen (secondary N) is 1. The molecule has 1 aliphatic carbocycles. The largest absolute Gasteiger partial charge is 0.327 e. The number of halogens is 2. The van der Waals surface area contributed by atoms with Crippen LogP contribution >= 0.6 is 12.4 Å². The van der Waals surface area contributed by atoms with Gasteiger partial charge in [0.2, 0.25) is 5.95 Å². The van der Waals surface area contributed by atoms with E-state index in [2.05, 4.69) is 10.3 Å². The number of carbonyl (C=O) groups excluding carboxylic acids is 1. The number of hydrogen-bond acceptors (Lipinski definition) is 3. The summed E-state index contributed by atoms with van der Waals surface area (Å²) < 4.78 is 13.5. The molecule has 0 fully saturated rings. The molecule has 1 aromatic heterocycles. The number of rotatable bonds is 2. The standard InChI is InChI=1S/C16H16FN3O.ClH/c17-15-14(2-1-7-19-15)16(21)20-13-6-4-10-8-12(18)5-3-11(10)9-13;/h1-2,4,6-7,9,12H,3,5,8,18H2,(H,20,21);1H/t12-;/m0./s1. The zero-order valence-corrected chi connectivity index (χ0v) is 12.7. The van der Waals surface area contributed by atoms with Crippen molar-refractivity contribution in [2.45, 2.75) is 25.3 Å². The molecule has 0 aliphatic heterocycles. The number of benzene rings is 1. The molecule has 3 rings (SSSR count). The molecule has 3 N–H and O–H groups in total. The van der Waals surface area contributed by atoms with Crippen molar-refractivity contribution >= 4 is 24.0 Å². The molecule has 0 saturated carbocycles. The van der Waals surface area contributed by atoms with Gasteiger partial charge >= 0.3 is 0 Å². The van der Waals surface area contributed by atoms with Crippen LogP contribution in [-0.4, -0.2) is 16.9 Å². The first kappa shape index (κ1) is 16.4. The highest BCUT2D eigenvalue weighted by Crippen LogP contribution is 2.24. The predicted octanol–water partition coefficient (Wildman–Crippen LogP) is 2.71. The Balaban J connectivity index is 0.00000176. The molecule has 0 saturated heterocycles. The topological polar surface area (TPSA) is 68.0 Å². The lowest BCUT2D eigenvalue weighted by Crippen LogP contribution is -2.27. The van der Waals surface area contributed by atoms with Crippen molar-refractivity contribution in [2.75, 3.05) is 5.32 Å². The number of nitrogens with zero attached hydrogens (tertiary/aromatic N) is 1. The van der Waals surface area contributed by atoms with E-state index >= 15 is 0 Å². The molecule has 0 unspecified atom stereocenters. The summed E-state index contributed by atoms with van der Waals surface area (Å²) in [5, 5.41) is 2.71. The number of aromatic nitrogens is 1. The van der Waals surface area contributed by atoms with Crippen LogP contribution in [0.2, 0.25) is 0 Å². The van der Waals surface area contributed by atoms with Crippen LogP contribution in [0.5, 0.6) is 0 Å². The third-order valence-electron chi connectivity index (χ3n) is 3.73. The smallest absolute Gasteiger partial charge is 0.260 e. The summed E-state index contributed by atoms with van der Waals surface area (Å²) in [6.45, 7) is 0. The van der Waals surface area contributed by atoms with Crippen molar-refractivity contribution in [3.8, 4) is 0 Å². The molecule has 1 amide bonds. The summed E-state index contributed by atoms with van der Waals surface area (Å²) in [6.07, 6.45) is 4.03. The molecule has 6 heteroatoms. The SMILES string of the molecule is Cl.N[C@H]1CCc2cc(NC(=O)c3cccnc3F)ccc2C1. The van der Waals surface area contributed by atoms with Gasteiger partial charge in [-0.3, -0.25) is 4.79 Å². The van der Waals surface area contributed by atoms with Gasteiger partial charge in [-0.1, -0.05) is 6.07 Å². The molecular weight excluding hydrogens is 305 g/mol. The summed E-state index contributed by atoms with van der Waals surface area (Å²) in [5.74, 6) is -1.26. The molecule has 1 aliphatic rings. The second-order valence-corrected chi connectivity index (χ2v) is 5.28. The van der Waals surface area contributed by atoms with Gasteiger partial charge in [0.25, 0.3) is 5.91 Å². The van der Waals surface area contributed by atoms with E-state index in [0.717, 1.165) is 19.3 Å². The van der Waals surface area contributed by atoms with E-state index in [4.69, 9.17) is 5.73 Å². The van der Waals surface area contributed by atoms with Crippen LogP contribution in [0.15, 0.2) is 36.5 Å². The van der Waals surface area contributed by atoms with E-state index < -0.39 is 11.9 Å². The molecule has 2 aromatic rings. The number of hydrogen-bond donors (Lipinski definition) is 2. The fourth-order valence-corrected chi connectivity index (χ4v) is 2.61. The van der Waals surface area contributed by atoms with Gasteiger partial charge in [0, 0.05) is 17.9 Å². The molecule has 1 atom stereocenters. The Morgan fingerprint density at radius 2 is 2.14 bits per heavy atom. The van der Waals surface area contributed by atoms with Gasteiger partial charge in [0.1, 0.15) is 0 Å². The number of anilines is 1. The maximum absolute atomic E-state index is 13.5. The molecule has 0 spiro atoms. The molecule has 116 valence electrons. The molecule has 0 radical (unpaired) electrons. The molecule has 1 heterocycles. The highest BCUT2D eigenvalue weighted by Gasteiger charge is 2.17. The Morgan fingerprint density at radius 1 is 1.32 bits per heavy atom. The van der Waals surface area contributed by atoms with E-state index in [1.807, 2.05) is 18.2 Å². The first-order valence-corrected chi connectivity index (χ1v) is 6.93. The van der Waals surface area contributed by atoms with Crippen molar-refractivity contribution in [3.63, 3.8) is 0 Å². The number of carbonyl (C=O) groups is 1. The maximum Gasteiger partial charge on any atom is 0.260 e. The van der Waals surface area contributed by atoms with Gasteiger partial charge in [-0.15, -0.1) is 12.4 Å². The summed E-state index contributed by atoms with van der Waals surface area (Å²) in [7, 11) is 0. The summed E-state index contributed by atoms with van der Waals surface area (Å²) in [4.78, 5) is 15.5. The molecule has 1 aromatic carbocycles. The quantitative estimate of drug-likeness (QED) is 0.836. The minimum absolute atomic E-state index is 0. The van der Waals surface area contributed by atoms with Gasteiger partial charge in [-0.2, -0.15) is 4.39 Å². The third kappa shape index (κ3) is 3.43. The normalized spacial score (nSPS) is 16.4. The van der Waals surface area contributed by atoms with E-state index in [1.165, 1.54) is 29.5 Å². The second kappa shape index (κ2) is 6.85. The summed E-state index contributed by atoms with van der Waals surface area (Å²) in [5.41, 5.74) is 8.97. The van der Waals surface area contributed by atoms with Crippen LogP contribution in [0.4, 0.5) is 10.1 Å². The average molecular weight is 322 g/mol. The second-order valence-electron chi connectivity index (χ2n) is 5.28. The lowest BCUT2D eigenvalue weighted by Gasteiger charge is -2.22. The zero-order chi connectivity index (χ0) is 14.8. The van der Waals surface area contributed by atoms with Crippen molar-refractivity contribution in [3.05, 3.63) is 59.2 Å². The molecule has 4 nitrogen and oxygen atoms in total. The fourth-order valence-electron chi connectivity index (χ4n) is 2.61. The first-order chi connectivity index (χ1) is 10.1. The first-order valence-electron chi connectivity index (χ1n) is 6.93. The number of aryl methyl sites for hydroxylation is 1. The Labute approximate surface area is 134 Å². The highest BCUT2D eigenvalue weighted by molar-refractivity contribution is 6.04. The number of amides is 1. The fraction of sp³-hybridized carbons (Fsp3) is 0.250. The summed E-state index contributed by atoms with van der Waals surface area (Å²) >= 11 is 0. The van der Waals surface area contributed by atoms with E-state index in [-0.39, 0.29) is 24.0 Å². The Morgan fingerprint density at radius 3 is 2.91 bits per heavy atom. The predicted molar refractivity (Wildman–Crippen MR) is 85.8 cm³/mol. The Hall–Kier alpha value is -1.98. The van der Waals surface area contributed by atoms with Crippen LogP contribution < -0.4 is 11.1 Å². The Bertz CT molecular complexity index is 693. The number of fused-ring (bicyclic) bond motifs is 1. The van der Waals surface area contributed by atoms with E-state index in [1.54, 1.807) is 0 Å². The van der Waals surface area contributed by atoms with Gasteiger partial charge in [-0.25, -0.2) is 4.98 Å². The van der Waals surface area contributed by atoms with Crippen molar-refractivity contribution in [1.82, 2.24) is 4.98 Å².